The first-order valence-electron chi connectivity index (χ1n) is 8.47. The van der Waals surface area contributed by atoms with Gasteiger partial charge in [0.1, 0.15) is 0 Å². The molecule has 1 aromatic carbocycles. The third-order valence-corrected chi connectivity index (χ3v) is 3.92. The summed E-state index contributed by atoms with van der Waals surface area (Å²) in [4.78, 5) is 16.1. The molecule has 0 heterocycles. The van der Waals surface area contributed by atoms with E-state index in [1.807, 2.05) is 24.3 Å². The summed E-state index contributed by atoms with van der Waals surface area (Å²) < 4.78 is 0. The van der Waals surface area contributed by atoms with Crippen molar-refractivity contribution >= 4 is 35.8 Å². The zero-order valence-electron chi connectivity index (χ0n) is 15.2. The summed E-state index contributed by atoms with van der Waals surface area (Å²) in [7, 11) is 1.63. The highest BCUT2D eigenvalue weighted by Crippen LogP contribution is 2.07. The Bertz CT molecular complexity index is 498. The van der Waals surface area contributed by atoms with Gasteiger partial charge in [0, 0.05) is 25.7 Å². The maximum Gasteiger partial charge on any atom is 0.251 e. The fourth-order valence-electron chi connectivity index (χ4n) is 2.24. The van der Waals surface area contributed by atoms with Gasteiger partial charge >= 0.3 is 0 Å². The van der Waals surface area contributed by atoms with Crippen molar-refractivity contribution in [3.8, 4) is 0 Å². The molecule has 0 aliphatic rings. The highest BCUT2D eigenvalue weighted by atomic mass is 127. The van der Waals surface area contributed by atoms with E-state index in [0.717, 1.165) is 24.6 Å². The number of amides is 1. The lowest BCUT2D eigenvalue weighted by atomic mass is 10.0. The number of nitrogens with one attached hydrogen (secondary N) is 3. The van der Waals surface area contributed by atoms with E-state index in [9.17, 15) is 4.79 Å². The first kappa shape index (κ1) is 22.7. The number of halogens is 1. The predicted octanol–water partition coefficient (Wildman–Crippen LogP) is 3.16. The number of guanidine groups is 1. The largest absolute Gasteiger partial charge is 0.357 e. The van der Waals surface area contributed by atoms with Crippen LogP contribution >= 0.6 is 24.0 Å². The van der Waals surface area contributed by atoms with Gasteiger partial charge in [-0.25, -0.2) is 4.99 Å². The third kappa shape index (κ3) is 7.99. The lowest BCUT2D eigenvalue weighted by Gasteiger charge is -2.16. The van der Waals surface area contributed by atoms with Crippen LogP contribution in [0.3, 0.4) is 0 Å². The summed E-state index contributed by atoms with van der Waals surface area (Å²) in [5, 5.41) is 9.30. The van der Waals surface area contributed by atoms with Crippen molar-refractivity contribution in [1.82, 2.24) is 16.0 Å². The van der Waals surface area contributed by atoms with Gasteiger partial charge in [0.2, 0.25) is 0 Å². The highest BCUT2D eigenvalue weighted by Gasteiger charge is 2.05. The number of hydrogen-bond acceptors (Lipinski definition) is 2. The Morgan fingerprint density at radius 1 is 1.08 bits per heavy atom. The second kappa shape index (κ2) is 13.0. The van der Waals surface area contributed by atoms with Crippen molar-refractivity contribution in [3.05, 3.63) is 35.4 Å². The average Bonchev–Trinajstić information content (AvgIpc) is 2.60. The van der Waals surface area contributed by atoms with Gasteiger partial charge in [-0.15, -0.1) is 24.0 Å². The standard InChI is InChI=1S/C18H30N4O.HI/c1-5-14(6-2)12-21-18(20-7-3)22-13-15-8-10-16(11-9-15)17(23)19-4;/h8-11,14H,5-7,12-13H2,1-4H3,(H,19,23)(H2,20,21,22);1H. The van der Waals surface area contributed by atoms with Crippen LogP contribution in [-0.2, 0) is 6.54 Å². The van der Waals surface area contributed by atoms with Gasteiger partial charge in [-0.3, -0.25) is 4.79 Å². The van der Waals surface area contributed by atoms with Crippen LogP contribution in [-0.4, -0.2) is 32.0 Å². The molecule has 1 amide bonds. The molecule has 0 fully saturated rings. The summed E-state index contributed by atoms with van der Waals surface area (Å²) in [5.74, 6) is 1.45. The Balaban J connectivity index is 0.00000529. The highest BCUT2D eigenvalue weighted by molar-refractivity contribution is 14.0. The minimum Gasteiger partial charge on any atom is -0.357 e. The molecule has 0 aliphatic carbocycles. The van der Waals surface area contributed by atoms with Crippen LogP contribution < -0.4 is 16.0 Å². The minimum absolute atomic E-state index is 0. The normalized spacial score (nSPS) is 11.0. The van der Waals surface area contributed by atoms with Crippen molar-refractivity contribution < 1.29 is 4.79 Å². The Labute approximate surface area is 163 Å². The second-order valence-electron chi connectivity index (χ2n) is 5.53. The van der Waals surface area contributed by atoms with E-state index in [2.05, 4.69) is 41.7 Å². The fraction of sp³-hybridized carbons (Fsp3) is 0.556. The van der Waals surface area contributed by atoms with E-state index in [0.29, 0.717) is 18.0 Å². The van der Waals surface area contributed by atoms with Crippen LogP contribution in [0.25, 0.3) is 0 Å². The first-order chi connectivity index (χ1) is 11.1. The van der Waals surface area contributed by atoms with Gasteiger partial charge < -0.3 is 16.0 Å². The van der Waals surface area contributed by atoms with Gasteiger partial charge in [-0.1, -0.05) is 38.8 Å². The van der Waals surface area contributed by atoms with E-state index in [-0.39, 0.29) is 29.9 Å². The zero-order chi connectivity index (χ0) is 17.1. The number of hydrogen-bond donors (Lipinski definition) is 3. The molecule has 5 nitrogen and oxygen atoms in total. The molecule has 0 radical (unpaired) electrons. The van der Waals surface area contributed by atoms with E-state index in [1.165, 1.54) is 12.8 Å². The molecule has 0 bridgehead atoms. The Kier molecular flexibility index (Phi) is 12.3. The molecular weight excluding hydrogens is 415 g/mol. The molecular formula is C18H31IN4O. The van der Waals surface area contributed by atoms with Crippen LogP contribution in [0.15, 0.2) is 29.3 Å². The van der Waals surface area contributed by atoms with Gasteiger partial charge in [-0.2, -0.15) is 0 Å². The lowest BCUT2D eigenvalue weighted by molar-refractivity contribution is 0.0963. The predicted molar refractivity (Wildman–Crippen MR) is 112 cm³/mol. The van der Waals surface area contributed by atoms with E-state index in [1.54, 1.807) is 7.05 Å². The number of carbonyl (C=O) groups excluding carboxylic acids is 1. The molecule has 136 valence electrons. The average molecular weight is 446 g/mol. The van der Waals surface area contributed by atoms with E-state index >= 15 is 0 Å². The molecule has 3 N–H and O–H groups in total. The molecule has 0 saturated heterocycles. The Morgan fingerprint density at radius 3 is 2.21 bits per heavy atom. The van der Waals surface area contributed by atoms with Crippen LogP contribution in [0.5, 0.6) is 0 Å². The summed E-state index contributed by atoms with van der Waals surface area (Å²) in [6.45, 7) is 8.86. The molecule has 0 aliphatic heterocycles. The summed E-state index contributed by atoms with van der Waals surface area (Å²) in [6.07, 6.45) is 2.34. The van der Waals surface area contributed by atoms with Gasteiger partial charge in [-0.05, 0) is 30.5 Å². The number of carbonyl (C=O) groups is 1. The quantitative estimate of drug-likeness (QED) is 0.327. The molecule has 1 rings (SSSR count). The summed E-state index contributed by atoms with van der Waals surface area (Å²) in [5.41, 5.74) is 1.75. The SMILES string of the molecule is CCNC(=NCc1ccc(C(=O)NC)cc1)NCC(CC)CC.I. The number of nitrogens with zero attached hydrogens (tertiary/aromatic N) is 1. The van der Waals surface area contributed by atoms with Crippen molar-refractivity contribution in [1.29, 1.82) is 0 Å². The van der Waals surface area contributed by atoms with E-state index < -0.39 is 0 Å². The van der Waals surface area contributed by atoms with Crippen molar-refractivity contribution in [2.24, 2.45) is 10.9 Å². The van der Waals surface area contributed by atoms with Crippen molar-refractivity contribution in [2.75, 3.05) is 20.1 Å². The molecule has 0 atom stereocenters. The first-order valence-corrected chi connectivity index (χ1v) is 8.47. The van der Waals surface area contributed by atoms with Crippen LogP contribution in [0.1, 0.15) is 49.5 Å². The third-order valence-electron chi connectivity index (χ3n) is 3.92. The molecule has 0 saturated carbocycles. The fourth-order valence-corrected chi connectivity index (χ4v) is 2.24. The van der Waals surface area contributed by atoms with Crippen molar-refractivity contribution in [2.45, 2.75) is 40.2 Å². The molecule has 0 aromatic heterocycles. The minimum atomic E-state index is -0.0692. The van der Waals surface area contributed by atoms with Crippen LogP contribution in [0, 0.1) is 5.92 Å². The second-order valence-corrected chi connectivity index (χ2v) is 5.53. The molecule has 1 aromatic rings. The van der Waals surface area contributed by atoms with Crippen LogP contribution in [0.4, 0.5) is 0 Å². The number of aliphatic imine (C=N–C) groups is 1. The van der Waals surface area contributed by atoms with Crippen molar-refractivity contribution in [3.63, 3.8) is 0 Å². The summed E-state index contributed by atoms with van der Waals surface area (Å²) >= 11 is 0. The number of benzene rings is 1. The Hall–Kier alpha value is -1.31. The topological polar surface area (TPSA) is 65.5 Å². The zero-order valence-corrected chi connectivity index (χ0v) is 17.5. The molecule has 0 spiro atoms. The van der Waals surface area contributed by atoms with Gasteiger partial charge in [0.05, 0.1) is 6.54 Å². The summed E-state index contributed by atoms with van der Waals surface area (Å²) in [6, 6.07) is 7.54. The lowest BCUT2D eigenvalue weighted by Crippen LogP contribution is -2.39. The Morgan fingerprint density at radius 2 is 1.71 bits per heavy atom. The van der Waals surface area contributed by atoms with E-state index in [4.69, 9.17) is 0 Å². The van der Waals surface area contributed by atoms with Gasteiger partial charge in [0.15, 0.2) is 5.96 Å². The molecule has 6 heteroatoms. The van der Waals surface area contributed by atoms with Crippen LogP contribution in [0.2, 0.25) is 0 Å². The molecule has 24 heavy (non-hydrogen) atoms. The molecule has 0 unspecified atom stereocenters. The maximum atomic E-state index is 11.5. The smallest absolute Gasteiger partial charge is 0.251 e. The number of rotatable bonds is 8. The monoisotopic (exact) mass is 446 g/mol. The van der Waals surface area contributed by atoms with Gasteiger partial charge in [0.25, 0.3) is 5.91 Å². The maximum absolute atomic E-state index is 11.5.